The lowest BCUT2D eigenvalue weighted by atomic mass is 9.95. The third-order valence-electron chi connectivity index (χ3n) is 4.81. The van der Waals surface area contributed by atoms with Crippen LogP contribution in [0, 0.1) is 5.92 Å². The van der Waals surface area contributed by atoms with E-state index in [9.17, 15) is 9.59 Å². The summed E-state index contributed by atoms with van der Waals surface area (Å²) in [6.07, 6.45) is 2.90. The van der Waals surface area contributed by atoms with Crippen LogP contribution in [0.4, 0.5) is 4.79 Å². The molecule has 1 heterocycles. The maximum atomic E-state index is 12.8. The van der Waals surface area contributed by atoms with Crippen LogP contribution in [0.5, 0.6) is 0 Å². The Labute approximate surface area is 156 Å². The predicted molar refractivity (Wildman–Crippen MR) is 96.5 cm³/mol. The Morgan fingerprint density at radius 1 is 1.24 bits per heavy atom. The van der Waals surface area contributed by atoms with Crippen LogP contribution in [0.1, 0.15) is 44.7 Å². The zero-order valence-electron chi connectivity index (χ0n) is 14.1. The first-order chi connectivity index (χ1) is 11.9. The number of ether oxygens (including phenoxy) is 1. The van der Waals surface area contributed by atoms with Gasteiger partial charge in [0.05, 0.1) is 21.7 Å². The minimum absolute atomic E-state index is 0.0834. The molecule has 0 spiro atoms. The standard InChI is InChI=1S/C18H20Cl2N2O3/c1-9-4-3-5-14(9)25-17(23)15-10(2)21-18(24)22-16(15)11-6-7-12(19)13(20)8-11/h6-9,14,16H,3-5H2,1-2H3,(H2,21,22,24). The van der Waals surface area contributed by atoms with Crippen molar-refractivity contribution in [2.45, 2.75) is 45.3 Å². The van der Waals surface area contributed by atoms with Crippen molar-refractivity contribution >= 4 is 35.2 Å². The van der Waals surface area contributed by atoms with Gasteiger partial charge in [-0.2, -0.15) is 0 Å². The Balaban J connectivity index is 1.91. The van der Waals surface area contributed by atoms with Crippen LogP contribution in [-0.2, 0) is 9.53 Å². The fourth-order valence-electron chi connectivity index (χ4n) is 3.39. The highest BCUT2D eigenvalue weighted by Crippen LogP contribution is 2.34. The maximum Gasteiger partial charge on any atom is 0.338 e. The molecule has 5 nitrogen and oxygen atoms in total. The first kappa shape index (κ1) is 18.1. The molecule has 1 aliphatic carbocycles. The number of rotatable bonds is 3. The lowest BCUT2D eigenvalue weighted by molar-refractivity contribution is -0.146. The van der Waals surface area contributed by atoms with Crippen LogP contribution < -0.4 is 10.6 Å². The van der Waals surface area contributed by atoms with E-state index >= 15 is 0 Å². The van der Waals surface area contributed by atoms with Gasteiger partial charge in [0, 0.05) is 5.70 Å². The molecule has 1 fully saturated rings. The first-order valence-electron chi connectivity index (χ1n) is 8.31. The Bertz CT molecular complexity index is 748. The smallest absolute Gasteiger partial charge is 0.338 e. The van der Waals surface area contributed by atoms with Gasteiger partial charge >= 0.3 is 12.0 Å². The number of amides is 2. The van der Waals surface area contributed by atoms with Gasteiger partial charge in [-0.25, -0.2) is 9.59 Å². The monoisotopic (exact) mass is 382 g/mol. The number of carbonyl (C=O) groups excluding carboxylic acids is 2. The van der Waals surface area contributed by atoms with E-state index in [-0.39, 0.29) is 12.1 Å². The summed E-state index contributed by atoms with van der Waals surface area (Å²) in [5.74, 6) is -0.0701. The number of hydrogen-bond acceptors (Lipinski definition) is 3. The van der Waals surface area contributed by atoms with Gasteiger partial charge in [-0.05, 0) is 49.8 Å². The van der Waals surface area contributed by atoms with Gasteiger partial charge in [0.1, 0.15) is 6.10 Å². The highest BCUT2D eigenvalue weighted by Gasteiger charge is 2.35. The number of esters is 1. The van der Waals surface area contributed by atoms with E-state index in [2.05, 4.69) is 17.6 Å². The second kappa shape index (κ2) is 7.26. The average molecular weight is 383 g/mol. The molecule has 1 aromatic rings. The lowest BCUT2D eigenvalue weighted by Gasteiger charge is -2.29. The second-order valence-electron chi connectivity index (χ2n) is 6.60. The molecule has 1 saturated carbocycles. The number of allylic oxidation sites excluding steroid dienone is 1. The molecule has 3 rings (SSSR count). The normalized spacial score (nSPS) is 26.2. The summed E-state index contributed by atoms with van der Waals surface area (Å²) in [5, 5.41) is 6.18. The van der Waals surface area contributed by atoms with Gasteiger partial charge in [-0.1, -0.05) is 36.2 Å². The van der Waals surface area contributed by atoms with E-state index in [0.717, 1.165) is 19.3 Å². The molecule has 7 heteroatoms. The quantitative estimate of drug-likeness (QED) is 0.763. The predicted octanol–water partition coefficient (Wildman–Crippen LogP) is 4.35. The molecule has 2 amide bonds. The van der Waals surface area contributed by atoms with Crippen molar-refractivity contribution in [2.75, 3.05) is 0 Å². The SMILES string of the molecule is CC1=C(C(=O)OC2CCCC2C)C(c2ccc(Cl)c(Cl)c2)NC(=O)N1. The molecular weight excluding hydrogens is 363 g/mol. The van der Waals surface area contributed by atoms with E-state index in [1.807, 2.05) is 0 Å². The number of halogens is 2. The third-order valence-corrected chi connectivity index (χ3v) is 5.55. The number of hydrogen-bond donors (Lipinski definition) is 2. The molecule has 0 radical (unpaired) electrons. The maximum absolute atomic E-state index is 12.8. The van der Waals surface area contributed by atoms with Crippen LogP contribution in [0.2, 0.25) is 10.0 Å². The summed E-state index contributed by atoms with van der Waals surface area (Å²) in [7, 11) is 0. The third kappa shape index (κ3) is 3.77. The molecular formula is C18H20Cl2N2O3. The molecule has 2 N–H and O–H groups in total. The summed E-state index contributed by atoms with van der Waals surface area (Å²) < 4.78 is 5.73. The summed E-state index contributed by atoms with van der Waals surface area (Å²) in [4.78, 5) is 24.7. The lowest BCUT2D eigenvalue weighted by Crippen LogP contribution is -2.45. The fraction of sp³-hybridized carbons (Fsp3) is 0.444. The van der Waals surface area contributed by atoms with E-state index in [4.69, 9.17) is 27.9 Å². The summed E-state index contributed by atoms with van der Waals surface area (Å²) in [5.41, 5.74) is 1.54. The van der Waals surface area contributed by atoms with Crippen molar-refractivity contribution in [2.24, 2.45) is 5.92 Å². The molecule has 3 atom stereocenters. The van der Waals surface area contributed by atoms with Gasteiger partial charge in [0.15, 0.2) is 0 Å². The van der Waals surface area contributed by atoms with E-state index in [1.165, 1.54) is 0 Å². The highest BCUT2D eigenvalue weighted by molar-refractivity contribution is 6.42. The van der Waals surface area contributed by atoms with Crippen molar-refractivity contribution in [3.8, 4) is 0 Å². The van der Waals surface area contributed by atoms with Gasteiger partial charge in [0.2, 0.25) is 0 Å². The van der Waals surface area contributed by atoms with E-state index in [0.29, 0.717) is 32.8 Å². The van der Waals surface area contributed by atoms with Crippen LogP contribution in [0.15, 0.2) is 29.5 Å². The van der Waals surface area contributed by atoms with Crippen molar-refractivity contribution < 1.29 is 14.3 Å². The van der Waals surface area contributed by atoms with Gasteiger partial charge in [-0.15, -0.1) is 0 Å². The zero-order chi connectivity index (χ0) is 18.1. The minimum Gasteiger partial charge on any atom is -0.459 e. The molecule has 3 unspecified atom stereocenters. The van der Waals surface area contributed by atoms with Crippen molar-refractivity contribution in [3.63, 3.8) is 0 Å². The molecule has 1 aliphatic heterocycles. The molecule has 0 aromatic heterocycles. The number of carbonyl (C=O) groups is 2. The second-order valence-corrected chi connectivity index (χ2v) is 7.41. The zero-order valence-corrected chi connectivity index (χ0v) is 15.6. The Morgan fingerprint density at radius 3 is 2.64 bits per heavy atom. The molecule has 25 heavy (non-hydrogen) atoms. The van der Waals surface area contributed by atoms with Crippen LogP contribution in [-0.4, -0.2) is 18.1 Å². The summed E-state index contributed by atoms with van der Waals surface area (Å²) in [6.45, 7) is 3.78. The van der Waals surface area contributed by atoms with Crippen molar-refractivity contribution in [1.82, 2.24) is 10.6 Å². The van der Waals surface area contributed by atoms with Gasteiger partial charge in [0.25, 0.3) is 0 Å². The Hall–Kier alpha value is -1.72. The van der Waals surface area contributed by atoms with E-state index in [1.54, 1.807) is 25.1 Å². The van der Waals surface area contributed by atoms with Crippen LogP contribution in [0.3, 0.4) is 0 Å². The van der Waals surface area contributed by atoms with E-state index < -0.39 is 12.0 Å². The molecule has 0 bridgehead atoms. The molecule has 2 aliphatic rings. The van der Waals surface area contributed by atoms with Crippen molar-refractivity contribution in [3.05, 3.63) is 45.1 Å². The summed E-state index contributed by atoms with van der Waals surface area (Å²) in [6, 6.07) is 4.03. The number of benzene rings is 1. The average Bonchev–Trinajstić information content (AvgIpc) is 2.94. The number of nitrogens with one attached hydrogen (secondary N) is 2. The fourth-order valence-corrected chi connectivity index (χ4v) is 3.70. The largest absolute Gasteiger partial charge is 0.459 e. The van der Waals surface area contributed by atoms with Crippen LogP contribution >= 0.6 is 23.2 Å². The number of urea groups is 1. The van der Waals surface area contributed by atoms with Gasteiger partial charge in [-0.3, -0.25) is 0 Å². The van der Waals surface area contributed by atoms with Crippen LogP contribution in [0.25, 0.3) is 0 Å². The summed E-state index contributed by atoms with van der Waals surface area (Å²) >= 11 is 12.1. The topological polar surface area (TPSA) is 67.4 Å². The highest BCUT2D eigenvalue weighted by atomic mass is 35.5. The Morgan fingerprint density at radius 2 is 2.00 bits per heavy atom. The minimum atomic E-state index is -0.632. The molecule has 0 saturated heterocycles. The van der Waals surface area contributed by atoms with Gasteiger partial charge < -0.3 is 15.4 Å². The molecule has 134 valence electrons. The Kier molecular flexibility index (Phi) is 5.25. The molecule has 1 aromatic carbocycles. The van der Waals surface area contributed by atoms with Crippen molar-refractivity contribution in [1.29, 1.82) is 0 Å². The first-order valence-corrected chi connectivity index (χ1v) is 9.06.